The third-order valence-electron chi connectivity index (χ3n) is 4.39. The summed E-state index contributed by atoms with van der Waals surface area (Å²) in [5.41, 5.74) is 0. The number of pyridine rings is 1. The van der Waals surface area contributed by atoms with Gasteiger partial charge in [0.15, 0.2) is 0 Å². The first-order valence-corrected chi connectivity index (χ1v) is 9.30. The predicted octanol–water partition coefficient (Wildman–Crippen LogP) is 1.39. The average Bonchev–Trinajstić information content (AvgIpc) is 3.38. The summed E-state index contributed by atoms with van der Waals surface area (Å²) in [6, 6.07) is 3.43. The van der Waals surface area contributed by atoms with Gasteiger partial charge in [0.05, 0.1) is 6.10 Å². The summed E-state index contributed by atoms with van der Waals surface area (Å²) in [6.07, 6.45) is 5.96. The fraction of sp³-hybridized carbons (Fsp3) is 0.667. The molecule has 1 saturated heterocycles. The van der Waals surface area contributed by atoms with Gasteiger partial charge in [0.25, 0.3) is 0 Å². The van der Waals surface area contributed by atoms with Crippen molar-refractivity contribution in [3.05, 3.63) is 18.3 Å². The van der Waals surface area contributed by atoms with E-state index in [1.54, 1.807) is 19.2 Å². The minimum atomic E-state index is -3.43. The molecule has 1 aliphatic heterocycles. The molecule has 0 atom stereocenters. The van der Waals surface area contributed by atoms with E-state index in [1.807, 2.05) is 0 Å². The number of piperidine rings is 1. The van der Waals surface area contributed by atoms with Crippen LogP contribution in [0.5, 0.6) is 0 Å². The van der Waals surface area contributed by atoms with Gasteiger partial charge in [-0.3, -0.25) is 0 Å². The van der Waals surface area contributed by atoms with E-state index >= 15 is 0 Å². The lowest BCUT2D eigenvalue weighted by molar-refractivity contribution is 0.0818. The van der Waals surface area contributed by atoms with E-state index in [0.717, 1.165) is 44.6 Å². The lowest BCUT2D eigenvalue weighted by Gasteiger charge is -2.32. The third kappa shape index (κ3) is 3.77. The first-order valence-electron chi connectivity index (χ1n) is 7.82. The Morgan fingerprint density at radius 3 is 2.55 bits per heavy atom. The maximum absolute atomic E-state index is 12.2. The Bertz CT molecular complexity index is 591. The first-order chi connectivity index (χ1) is 10.6. The van der Waals surface area contributed by atoms with Crippen molar-refractivity contribution in [1.29, 1.82) is 0 Å². The lowest BCUT2D eigenvalue weighted by atomic mass is 10.1. The Hall–Kier alpha value is -1.18. The molecule has 2 fully saturated rings. The number of aromatic nitrogens is 1. The second kappa shape index (κ2) is 6.52. The van der Waals surface area contributed by atoms with Gasteiger partial charge in [-0.1, -0.05) is 0 Å². The monoisotopic (exact) mass is 325 g/mol. The molecule has 2 heterocycles. The predicted molar refractivity (Wildman–Crippen MR) is 84.4 cm³/mol. The van der Waals surface area contributed by atoms with Crippen molar-refractivity contribution in [2.24, 2.45) is 5.92 Å². The number of nitrogens with zero attached hydrogens (tertiary/aromatic N) is 2. The smallest absolute Gasteiger partial charge is 0.242 e. The summed E-state index contributed by atoms with van der Waals surface area (Å²) in [6.45, 7) is 2.31. The summed E-state index contributed by atoms with van der Waals surface area (Å²) in [5, 5.41) is 0. The largest absolute Gasteiger partial charge is 0.381 e. The van der Waals surface area contributed by atoms with Gasteiger partial charge < -0.3 is 9.64 Å². The van der Waals surface area contributed by atoms with Crippen molar-refractivity contribution < 1.29 is 13.2 Å². The molecule has 7 heteroatoms. The molecule has 22 heavy (non-hydrogen) atoms. The van der Waals surface area contributed by atoms with Gasteiger partial charge in [0, 0.05) is 32.9 Å². The van der Waals surface area contributed by atoms with Crippen LogP contribution >= 0.6 is 0 Å². The van der Waals surface area contributed by atoms with Crippen molar-refractivity contribution in [1.82, 2.24) is 9.71 Å². The molecule has 3 rings (SSSR count). The summed E-state index contributed by atoms with van der Waals surface area (Å²) < 4.78 is 32.3. The number of methoxy groups -OCH3 is 1. The van der Waals surface area contributed by atoms with Gasteiger partial charge in [-0.05, 0) is 43.7 Å². The summed E-state index contributed by atoms with van der Waals surface area (Å²) >= 11 is 0. The minimum Gasteiger partial charge on any atom is -0.381 e. The highest BCUT2D eigenvalue weighted by Gasteiger charge is 2.25. The lowest BCUT2D eigenvalue weighted by Crippen LogP contribution is -2.37. The van der Waals surface area contributed by atoms with E-state index in [-0.39, 0.29) is 4.90 Å². The topological polar surface area (TPSA) is 71.5 Å². The molecule has 1 aliphatic carbocycles. The molecule has 122 valence electrons. The number of rotatable bonds is 6. The summed E-state index contributed by atoms with van der Waals surface area (Å²) in [7, 11) is -1.68. The van der Waals surface area contributed by atoms with Crippen molar-refractivity contribution in [2.45, 2.75) is 36.7 Å². The number of hydrogen-bond acceptors (Lipinski definition) is 5. The Morgan fingerprint density at radius 2 is 2.00 bits per heavy atom. The molecular weight excluding hydrogens is 302 g/mol. The number of anilines is 1. The molecule has 1 aromatic heterocycles. The molecule has 0 amide bonds. The Balaban J connectivity index is 1.62. The number of hydrogen-bond donors (Lipinski definition) is 1. The van der Waals surface area contributed by atoms with Crippen LogP contribution < -0.4 is 9.62 Å². The van der Waals surface area contributed by atoms with Crippen LogP contribution in [-0.2, 0) is 14.8 Å². The van der Waals surface area contributed by atoms with Crippen LogP contribution in [0.3, 0.4) is 0 Å². The van der Waals surface area contributed by atoms with Gasteiger partial charge in [-0.25, -0.2) is 18.1 Å². The second-order valence-corrected chi connectivity index (χ2v) is 7.84. The number of ether oxygens (including phenoxy) is 1. The van der Waals surface area contributed by atoms with Gasteiger partial charge >= 0.3 is 0 Å². The third-order valence-corrected chi connectivity index (χ3v) is 5.80. The van der Waals surface area contributed by atoms with Gasteiger partial charge in [0.1, 0.15) is 10.7 Å². The average molecular weight is 325 g/mol. The SMILES string of the molecule is COC1CCN(c2ccc(S(=O)(=O)NCC3CC3)cn2)CC1. The van der Waals surface area contributed by atoms with E-state index in [2.05, 4.69) is 14.6 Å². The summed E-state index contributed by atoms with van der Waals surface area (Å²) in [5.74, 6) is 1.35. The van der Waals surface area contributed by atoms with Crippen molar-refractivity contribution in [3.63, 3.8) is 0 Å². The maximum Gasteiger partial charge on any atom is 0.242 e. The quantitative estimate of drug-likeness (QED) is 0.856. The Labute approximate surface area is 131 Å². The highest BCUT2D eigenvalue weighted by Crippen LogP contribution is 2.28. The van der Waals surface area contributed by atoms with Crippen LogP contribution in [0.2, 0.25) is 0 Å². The molecule has 6 nitrogen and oxygen atoms in total. The van der Waals surface area contributed by atoms with Crippen LogP contribution in [0.4, 0.5) is 5.82 Å². The van der Waals surface area contributed by atoms with Gasteiger partial charge in [-0.15, -0.1) is 0 Å². The molecule has 1 N–H and O–H groups in total. The maximum atomic E-state index is 12.2. The van der Waals surface area contributed by atoms with E-state index in [9.17, 15) is 8.42 Å². The van der Waals surface area contributed by atoms with Crippen molar-refractivity contribution in [3.8, 4) is 0 Å². The molecule has 1 aromatic rings. The Morgan fingerprint density at radius 1 is 1.27 bits per heavy atom. The van der Waals surface area contributed by atoms with Gasteiger partial charge in [0.2, 0.25) is 10.0 Å². The number of sulfonamides is 1. The fourth-order valence-electron chi connectivity index (χ4n) is 2.67. The van der Waals surface area contributed by atoms with E-state index in [1.165, 1.54) is 6.20 Å². The standard InChI is InChI=1S/C15H23N3O3S/c1-21-13-6-8-18(9-7-13)15-5-4-14(11-16-15)22(19,20)17-10-12-2-3-12/h4-5,11-13,17H,2-3,6-10H2,1H3. The zero-order chi connectivity index (χ0) is 15.6. The number of nitrogens with one attached hydrogen (secondary N) is 1. The second-order valence-electron chi connectivity index (χ2n) is 6.07. The first kappa shape index (κ1) is 15.7. The Kier molecular flexibility index (Phi) is 4.65. The van der Waals surface area contributed by atoms with E-state index in [4.69, 9.17) is 4.74 Å². The van der Waals surface area contributed by atoms with Crippen LogP contribution in [0.15, 0.2) is 23.2 Å². The summed E-state index contributed by atoms with van der Waals surface area (Å²) in [4.78, 5) is 6.74. The van der Waals surface area contributed by atoms with Crippen LogP contribution in [0.25, 0.3) is 0 Å². The molecule has 1 saturated carbocycles. The van der Waals surface area contributed by atoms with Crippen LogP contribution in [-0.4, -0.2) is 46.2 Å². The van der Waals surface area contributed by atoms with E-state index < -0.39 is 10.0 Å². The van der Waals surface area contributed by atoms with Gasteiger partial charge in [-0.2, -0.15) is 0 Å². The normalized spacial score (nSPS) is 20.3. The molecule has 0 radical (unpaired) electrons. The zero-order valence-electron chi connectivity index (χ0n) is 12.9. The minimum absolute atomic E-state index is 0.240. The van der Waals surface area contributed by atoms with Crippen LogP contribution in [0, 0.1) is 5.92 Å². The van der Waals surface area contributed by atoms with Crippen LogP contribution in [0.1, 0.15) is 25.7 Å². The molecule has 0 spiro atoms. The highest BCUT2D eigenvalue weighted by molar-refractivity contribution is 7.89. The van der Waals surface area contributed by atoms with Crippen molar-refractivity contribution in [2.75, 3.05) is 31.6 Å². The molecule has 2 aliphatic rings. The molecule has 0 bridgehead atoms. The molecule has 0 unspecified atom stereocenters. The fourth-order valence-corrected chi connectivity index (χ4v) is 3.73. The molecule has 0 aromatic carbocycles. The highest BCUT2D eigenvalue weighted by atomic mass is 32.2. The molecular formula is C15H23N3O3S. The zero-order valence-corrected chi connectivity index (χ0v) is 13.7. The van der Waals surface area contributed by atoms with Crippen molar-refractivity contribution >= 4 is 15.8 Å². The van der Waals surface area contributed by atoms with E-state index in [0.29, 0.717) is 18.6 Å².